The normalized spacial score (nSPS) is 16.4. The summed E-state index contributed by atoms with van der Waals surface area (Å²) >= 11 is 0. The second-order valence-electron chi connectivity index (χ2n) is 4.74. The fourth-order valence-electron chi connectivity index (χ4n) is 2.27. The third-order valence-electron chi connectivity index (χ3n) is 3.26. The number of nitrogens with zero attached hydrogens (tertiary/aromatic N) is 1. The number of carbonyl (C=O) groups is 2. The Hall–Kier alpha value is -1.82. The van der Waals surface area contributed by atoms with Gasteiger partial charge in [-0.05, 0) is 25.0 Å². The van der Waals surface area contributed by atoms with Crippen LogP contribution in [0.1, 0.15) is 36.1 Å². The molecule has 0 atom stereocenters. The van der Waals surface area contributed by atoms with E-state index in [2.05, 4.69) is 5.32 Å². The Morgan fingerprint density at radius 1 is 1.42 bits per heavy atom. The summed E-state index contributed by atoms with van der Waals surface area (Å²) in [4.78, 5) is 24.9. The fourth-order valence-corrected chi connectivity index (χ4v) is 2.27. The first-order valence-corrected chi connectivity index (χ1v) is 6.45. The van der Waals surface area contributed by atoms with Gasteiger partial charge in [-0.3, -0.25) is 9.59 Å². The first kappa shape index (κ1) is 13.6. The Bertz CT molecular complexity index is 461. The number of hydrogen-bond acceptors (Lipinski definition) is 4. The highest BCUT2D eigenvalue weighted by molar-refractivity contribution is 5.91. The molecule has 3 N–H and O–H groups in total. The minimum absolute atomic E-state index is 0.0246. The maximum atomic E-state index is 12.2. The zero-order valence-electron chi connectivity index (χ0n) is 11.0. The predicted octanol–water partition coefficient (Wildman–Crippen LogP) is 0.479. The van der Waals surface area contributed by atoms with Crippen molar-refractivity contribution in [3.05, 3.63) is 23.7 Å². The Morgan fingerprint density at radius 2 is 2.11 bits per heavy atom. The van der Waals surface area contributed by atoms with Crippen molar-refractivity contribution >= 4 is 11.8 Å². The van der Waals surface area contributed by atoms with Gasteiger partial charge in [0.2, 0.25) is 5.91 Å². The first-order chi connectivity index (χ1) is 9.10. The number of amides is 2. The molecule has 1 saturated heterocycles. The summed E-state index contributed by atoms with van der Waals surface area (Å²) in [5.74, 6) is 0.805. The van der Waals surface area contributed by atoms with Crippen molar-refractivity contribution in [1.29, 1.82) is 0 Å². The average molecular weight is 265 g/mol. The van der Waals surface area contributed by atoms with Crippen LogP contribution in [0, 0.1) is 0 Å². The Morgan fingerprint density at radius 3 is 2.63 bits per heavy atom. The van der Waals surface area contributed by atoms with Crippen molar-refractivity contribution in [2.75, 3.05) is 13.1 Å². The van der Waals surface area contributed by atoms with E-state index in [9.17, 15) is 9.59 Å². The lowest BCUT2D eigenvalue weighted by molar-refractivity contribution is -0.119. The van der Waals surface area contributed by atoms with E-state index in [0.717, 1.165) is 12.8 Å². The zero-order valence-corrected chi connectivity index (χ0v) is 11.0. The number of nitrogens with two attached hydrogens (primary N) is 1. The largest absolute Gasteiger partial charge is 0.455 e. The molecule has 2 heterocycles. The lowest BCUT2D eigenvalue weighted by Gasteiger charge is -2.31. The van der Waals surface area contributed by atoms with Gasteiger partial charge < -0.3 is 20.4 Å². The topological polar surface area (TPSA) is 88.6 Å². The minimum Gasteiger partial charge on any atom is -0.455 e. The summed E-state index contributed by atoms with van der Waals surface area (Å²) in [6, 6.07) is 3.54. The van der Waals surface area contributed by atoms with E-state index in [1.165, 1.54) is 6.92 Å². The van der Waals surface area contributed by atoms with Gasteiger partial charge in [0, 0.05) is 26.1 Å². The SMILES string of the molecule is CC(=O)NC1CCN(C(=O)c2ccc(CN)o2)CC1. The molecule has 0 unspecified atom stereocenters. The molecule has 0 aliphatic carbocycles. The highest BCUT2D eigenvalue weighted by atomic mass is 16.4. The number of furan rings is 1. The van der Waals surface area contributed by atoms with Crippen LogP contribution in [0.2, 0.25) is 0 Å². The molecule has 2 rings (SSSR count). The van der Waals surface area contributed by atoms with Crippen LogP contribution >= 0.6 is 0 Å². The van der Waals surface area contributed by atoms with Crippen molar-refractivity contribution in [3.8, 4) is 0 Å². The van der Waals surface area contributed by atoms with Gasteiger partial charge in [0.1, 0.15) is 5.76 Å². The third-order valence-corrected chi connectivity index (χ3v) is 3.26. The molecule has 1 aliphatic rings. The van der Waals surface area contributed by atoms with Crippen molar-refractivity contribution in [2.45, 2.75) is 32.4 Å². The summed E-state index contributed by atoms with van der Waals surface area (Å²) in [5.41, 5.74) is 5.45. The Balaban J connectivity index is 1.90. The molecular formula is C13H19N3O3. The molecule has 0 radical (unpaired) electrons. The maximum absolute atomic E-state index is 12.2. The summed E-state index contributed by atoms with van der Waals surface area (Å²) in [5, 5.41) is 2.88. The van der Waals surface area contributed by atoms with Gasteiger partial charge in [0.25, 0.3) is 5.91 Å². The molecule has 104 valence electrons. The molecule has 2 amide bonds. The van der Waals surface area contributed by atoms with Crippen LogP contribution < -0.4 is 11.1 Å². The molecule has 1 fully saturated rings. The lowest BCUT2D eigenvalue weighted by Crippen LogP contribution is -2.46. The first-order valence-electron chi connectivity index (χ1n) is 6.45. The van der Waals surface area contributed by atoms with Gasteiger partial charge in [-0.1, -0.05) is 0 Å². The standard InChI is InChI=1S/C13H19N3O3/c1-9(17)15-10-4-6-16(7-5-10)13(18)12-3-2-11(8-14)19-12/h2-3,10H,4-8,14H2,1H3,(H,15,17). The summed E-state index contributed by atoms with van der Waals surface area (Å²) in [6.45, 7) is 3.05. The molecule has 1 aromatic rings. The van der Waals surface area contributed by atoms with E-state index < -0.39 is 0 Å². The summed E-state index contributed by atoms with van der Waals surface area (Å²) in [6.07, 6.45) is 1.55. The quantitative estimate of drug-likeness (QED) is 0.832. The fraction of sp³-hybridized carbons (Fsp3) is 0.538. The molecule has 0 spiro atoms. The highest BCUT2D eigenvalue weighted by Gasteiger charge is 2.25. The van der Waals surface area contributed by atoms with Crippen molar-refractivity contribution in [2.24, 2.45) is 5.73 Å². The van der Waals surface area contributed by atoms with E-state index in [0.29, 0.717) is 24.6 Å². The van der Waals surface area contributed by atoms with Crippen LogP contribution in [0.4, 0.5) is 0 Å². The van der Waals surface area contributed by atoms with Crippen LogP contribution in [0.3, 0.4) is 0 Å². The molecule has 1 aliphatic heterocycles. The van der Waals surface area contributed by atoms with E-state index >= 15 is 0 Å². The summed E-state index contributed by atoms with van der Waals surface area (Å²) in [7, 11) is 0. The Labute approximate surface area is 111 Å². The molecule has 19 heavy (non-hydrogen) atoms. The van der Waals surface area contributed by atoms with Crippen LogP contribution in [-0.2, 0) is 11.3 Å². The minimum atomic E-state index is -0.110. The number of carbonyl (C=O) groups excluding carboxylic acids is 2. The maximum Gasteiger partial charge on any atom is 0.289 e. The molecule has 1 aromatic heterocycles. The van der Waals surface area contributed by atoms with Gasteiger partial charge in [-0.15, -0.1) is 0 Å². The van der Waals surface area contributed by atoms with Crippen LogP contribution in [0.25, 0.3) is 0 Å². The molecule has 0 bridgehead atoms. The zero-order chi connectivity index (χ0) is 13.8. The van der Waals surface area contributed by atoms with Gasteiger partial charge in [-0.2, -0.15) is 0 Å². The van der Waals surface area contributed by atoms with E-state index in [-0.39, 0.29) is 24.4 Å². The number of hydrogen-bond donors (Lipinski definition) is 2. The highest BCUT2D eigenvalue weighted by Crippen LogP contribution is 2.15. The van der Waals surface area contributed by atoms with Gasteiger partial charge >= 0.3 is 0 Å². The number of likely N-dealkylation sites (tertiary alicyclic amines) is 1. The van der Waals surface area contributed by atoms with E-state index in [1.807, 2.05) is 0 Å². The van der Waals surface area contributed by atoms with Gasteiger partial charge in [0.15, 0.2) is 5.76 Å². The summed E-state index contributed by atoms with van der Waals surface area (Å²) < 4.78 is 5.35. The van der Waals surface area contributed by atoms with Gasteiger partial charge in [0.05, 0.1) is 6.54 Å². The molecule has 6 nitrogen and oxygen atoms in total. The van der Waals surface area contributed by atoms with Crippen LogP contribution in [0.5, 0.6) is 0 Å². The molecular weight excluding hydrogens is 246 g/mol. The second kappa shape index (κ2) is 5.88. The monoisotopic (exact) mass is 265 g/mol. The van der Waals surface area contributed by atoms with E-state index in [1.54, 1.807) is 17.0 Å². The predicted molar refractivity (Wildman–Crippen MR) is 69.3 cm³/mol. The molecule has 6 heteroatoms. The smallest absolute Gasteiger partial charge is 0.289 e. The number of rotatable bonds is 3. The Kier molecular flexibility index (Phi) is 4.21. The molecule has 0 saturated carbocycles. The number of nitrogens with one attached hydrogen (secondary N) is 1. The number of piperidine rings is 1. The molecule has 0 aromatic carbocycles. The lowest BCUT2D eigenvalue weighted by atomic mass is 10.0. The van der Waals surface area contributed by atoms with E-state index in [4.69, 9.17) is 10.2 Å². The third kappa shape index (κ3) is 3.35. The van der Waals surface area contributed by atoms with Crippen LogP contribution in [0.15, 0.2) is 16.5 Å². The van der Waals surface area contributed by atoms with Crippen molar-refractivity contribution in [3.63, 3.8) is 0 Å². The van der Waals surface area contributed by atoms with Gasteiger partial charge in [-0.25, -0.2) is 0 Å². The van der Waals surface area contributed by atoms with Crippen molar-refractivity contribution in [1.82, 2.24) is 10.2 Å². The average Bonchev–Trinajstić information content (AvgIpc) is 2.87. The van der Waals surface area contributed by atoms with Crippen molar-refractivity contribution < 1.29 is 14.0 Å². The van der Waals surface area contributed by atoms with Crippen LogP contribution in [-0.4, -0.2) is 35.8 Å². The second-order valence-corrected chi connectivity index (χ2v) is 4.74.